The van der Waals surface area contributed by atoms with E-state index in [1.54, 1.807) is 25.1 Å². The number of aryl methyl sites for hydroxylation is 1. The molecule has 1 aromatic heterocycles. The molecule has 0 amide bonds. The van der Waals surface area contributed by atoms with Crippen molar-refractivity contribution >= 4 is 11.4 Å². The van der Waals surface area contributed by atoms with E-state index in [1.165, 1.54) is 4.68 Å². The van der Waals surface area contributed by atoms with Gasteiger partial charge in [-0.2, -0.15) is 0 Å². The molecule has 0 fully saturated rings. The van der Waals surface area contributed by atoms with Gasteiger partial charge in [0.15, 0.2) is 5.69 Å². The van der Waals surface area contributed by atoms with Crippen LogP contribution in [0, 0.1) is 6.92 Å². The highest BCUT2D eigenvalue weighted by Crippen LogP contribution is 2.28. The molecule has 25 heavy (non-hydrogen) atoms. The average molecular weight is 334 g/mol. The van der Waals surface area contributed by atoms with Crippen LogP contribution in [0.1, 0.15) is 5.69 Å². The molecule has 6 nitrogen and oxygen atoms in total. The van der Waals surface area contributed by atoms with Crippen molar-refractivity contribution in [1.29, 1.82) is 0 Å². The van der Waals surface area contributed by atoms with Gasteiger partial charge in [0.05, 0.1) is 11.4 Å². The Morgan fingerprint density at radius 1 is 1.12 bits per heavy atom. The lowest BCUT2D eigenvalue weighted by atomic mass is 10.3. The van der Waals surface area contributed by atoms with Gasteiger partial charge >= 0.3 is 0 Å². The van der Waals surface area contributed by atoms with Crippen LogP contribution in [0.3, 0.4) is 0 Å². The Hall–Kier alpha value is -3.41. The van der Waals surface area contributed by atoms with Gasteiger partial charge in [-0.15, -0.1) is 10.2 Å². The monoisotopic (exact) mass is 334 g/mol. The van der Waals surface area contributed by atoms with Crippen LogP contribution in [0.25, 0.3) is 5.69 Å². The van der Waals surface area contributed by atoms with E-state index in [4.69, 9.17) is 4.74 Å². The van der Waals surface area contributed by atoms with E-state index in [0.717, 1.165) is 5.69 Å². The van der Waals surface area contributed by atoms with Gasteiger partial charge in [0.1, 0.15) is 18.0 Å². The summed E-state index contributed by atoms with van der Waals surface area (Å²) in [6.45, 7) is 5.79. The van der Waals surface area contributed by atoms with Gasteiger partial charge in [0, 0.05) is 0 Å². The Morgan fingerprint density at radius 2 is 1.84 bits per heavy atom. The van der Waals surface area contributed by atoms with Crippen molar-refractivity contribution < 1.29 is 4.74 Å². The topological polar surface area (TPSA) is 71.7 Å². The van der Waals surface area contributed by atoms with Gasteiger partial charge in [0.25, 0.3) is 5.56 Å². The molecule has 0 atom stereocenters. The van der Waals surface area contributed by atoms with Gasteiger partial charge in [-0.05, 0) is 31.2 Å². The van der Waals surface area contributed by atoms with E-state index in [-0.39, 0.29) is 11.2 Å². The van der Waals surface area contributed by atoms with Crippen molar-refractivity contribution in [1.82, 2.24) is 9.78 Å². The summed E-state index contributed by atoms with van der Waals surface area (Å²) in [5, 5.41) is 11.4. The summed E-state index contributed by atoms with van der Waals surface area (Å²) in [5.74, 6) is 0.586. The minimum atomic E-state index is -0.253. The van der Waals surface area contributed by atoms with E-state index in [1.807, 2.05) is 42.5 Å². The van der Waals surface area contributed by atoms with Crippen LogP contribution in [-0.2, 0) is 0 Å². The molecule has 0 saturated carbocycles. The first-order valence-electron chi connectivity index (χ1n) is 7.82. The number of nitrogens with zero attached hydrogens (tertiary/aromatic N) is 3. The van der Waals surface area contributed by atoms with Crippen LogP contribution in [0.4, 0.5) is 11.4 Å². The summed E-state index contributed by atoms with van der Waals surface area (Å²) in [7, 11) is 0. The molecule has 0 radical (unpaired) electrons. The zero-order chi connectivity index (χ0) is 17.6. The van der Waals surface area contributed by atoms with E-state index in [9.17, 15) is 4.79 Å². The van der Waals surface area contributed by atoms with Crippen LogP contribution in [0.2, 0.25) is 0 Å². The maximum Gasteiger partial charge on any atom is 0.299 e. The molecule has 2 aromatic carbocycles. The van der Waals surface area contributed by atoms with E-state index < -0.39 is 0 Å². The van der Waals surface area contributed by atoms with Crippen molar-refractivity contribution in [2.75, 3.05) is 6.61 Å². The first-order valence-corrected chi connectivity index (χ1v) is 7.82. The molecule has 126 valence electrons. The first kappa shape index (κ1) is 16.4. The molecule has 6 heteroatoms. The second-order valence-corrected chi connectivity index (χ2v) is 5.33. The quantitative estimate of drug-likeness (QED) is 0.534. The number of azo groups is 1. The average Bonchev–Trinajstić information content (AvgIpc) is 2.93. The fraction of sp³-hybridized carbons (Fsp3) is 0.105. The molecule has 0 aliphatic heterocycles. The summed E-state index contributed by atoms with van der Waals surface area (Å²) in [6.07, 6.45) is 1.66. The van der Waals surface area contributed by atoms with Crippen molar-refractivity contribution in [2.45, 2.75) is 6.92 Å². The number of hydrogen-bond acceptors (Lipinski definition) is 4. The summed E-state index contributed by atoms with van der Waals surface area (Å²) in [6, 6.07) is 16.6. The zero-order valence-corrected chi connectivity index (χ0v) is 13.8. The number of hydrogen-bond donors (Lipinski definition) is 1. The summed E-state index contributed by atoms with van der Waals surface area (Å²) >= 11 is 0. The number of para-hydroxylation sites is 2. The van der Waals surface area contributed by atoms with Crippen LogP contribution >= 0.6 is 0 Å². The Labute approximate surface area is 145 Å². The minimum Gasteiger partial charge on any atom is -0.487 e. The van der Waals surface area contributed by atoms with Gasteiger partial charge in [-0.25, -0.2) is 4.68 Å². The first-order chi connectivity index (χ1) is 12.2. The van der Waals surface area contributed by atoms with Crippen molar-refractivity contribution in [3.63, 3.8) is 0 Å². The molecule has 0 aliphatic carbocycles. The lowest BCUT2D eigenvalue weighted by molar-refractivity contribution is 0.364. The number of ether oxygens (including phenoxy) is 1. The minimum absolute atomic E-state index is 0.253. The molecule has 0 bridgehead atoms. The predicted octanol–water partition coefficient (Wildman–Crippen LogP) is 4.45. The van der Waals surface area contributed by atoms with Gasteiger partial charge in [-0.3, -0.25) is 9.89 Å². The molecule has 1 heterocycles. The van der Waals surface area contributed by atoms with Crippen molar-refractivity contribution in [2.24, 2.45) is 10.2 Å². The Balaban J connectivity index is 1.94. The molecule has 3 aromatic rings. The molecule has 1 N–H and O–H groups in total. The number of H-pyrrole nitrogens is 1. The highest BCUT2D eigenvalue weighted by molar-refractivity contribution is 5.52. The maximum absolute atomic E-state index is 12.6. The standard InChI is InChI=1S/C19H18N4O2/c1-3-13-25-17-12-8-7-11-16(17)20-21-18-14(2)22-23(19(18)24)15-9-5-4-6-10-15/h3-12,22H,1,13H2,2H3. The largest absolute Gasteiger partial charge is 0.487 e. The van der Waals surface area contributed by atoms with Crippen LogP contribution in [-0.4, -0.2) is 16.4 Å². The van der Waals surface area contributed by atoms with Gasteiger partial charge in [0.2, 0.25) is 0 Å². The predicted molar refractivity (Wildman–Crippen MR) is 97.4 cm³/mol. The summed E-state index contributed by atoms with van der Waals surface area (Å²) in [4.78, 5) is 12.6. The normalized spacial score (nSPS) is 10.9. The van der Waals surface area contributed by atoms with Crippen molar-refractivity contribution in [3.05, 3.63) is 83.3 Å². The molecule has 0 saturated heterocycles. The second-order valence-electron chi connectivity index (χ2n) is 5.33. The third-order valence-electron chi connectivity index (χ3n) is 3.53. The number of aromatic nitrogens is 2. The number of benzene rings is 2. The fourth-order valence-electron chi connectivity index (χ4n) is 2.33. The molecular weight excluding hydrogens is 316 g/mol. The fourth-order valence-corrected chi connectivity index (χ4v) is 2.33. The smallest absolute Gasteiger partial charge is 0.299 e. The van der Waals surface area contributed by atoms with Crippen LogP contribution in [0.5, 0.6) is 5.75 Å². The third kappa shape index (κ3) is 3.58. The molecule has 0 spiro atoms. The van der Waals surface area contributed by atoms with E-state index in [2.05, 4.69) is 21.9 Å². The second kappa shape index (κ2) is 7.44. The van der Waals surface area contributed by atoms with E-state index >= 15 is 0 Å². The highest BCUT2D eigenvalue weighted by atomic mass is 16.5. The van der Waals surface area contributed by atoms with Crippen LogP contribution < -0.4 is 10.3 Å². The zero-order valence-electron chi connectivity index (χ0n) is 13.8. The van der Waals surface area contributed by atoms with Crippen molar-refractivity contribution in [3.8, 4) is 11.4 Å². The maximum atomic E-state index is 12.6. The number of rotatable bonds is 6. The Morgan fingerprint density at radius 3 is 2.60 bits per heavy atom. The van der Waals surface area contributed by atoms with Crippen LogP contribution in [0.15, 0.2) is 82.3 Å². The summed E-state index contributed by atoms with van der Waals surface area (Å²) < 4.78 is 7.00. The molecule has 3 rings (SSSR count). The SMILES string of the molecule is C=CCOc1ccccc1N=Nc1c(C)[nH]n(-c2ccccc2)c1=O. The Bertz CT molecular complexity index is 955. The lowest BCUT2D eigenvalue weighted by Crippen LogP contribution is -2.13. The number of nitrogens with one attached hydrogen (secondary N) is 1. The summed E-state index contributed by atoms with van der Waals surface area (Å²) in [5.41, 5.74) is 1.95. The highest BCUT2D eigenvalue weighted by Gasteiger charge is 2.12. The lowest BCUT2D eigenvalue weighted by Gasteiger charge is -2.04. The van der Waals surface area contributed by atoms with Gasteiger partial charge < -0.3 is 4.74 Å². The molecule has 0 unspecified atom stereocenters. The molecule has 0 aliphatic rings. The van der Waals surface area contributed by atoms with E-state index in [0.29, 0.717) is 23.7 Å². The number of aromatic amines is 1. The Kier molecular flexibility index (Phi) is 4.89. The molecular formula is C19H18N4O2. The van der Waals surface area contributed by atoms with Gasteiger partial charge in [-0.1, -0.05) is 43.0 Å². The third-order valence-corrected chi connectivity index (χ3v) is 3.53.